The van der Waals surface area contributed by atoms with Gasteiger partial charge in [0.15, 0.2) is 11.6 Å². The number of aromatic nitrogens is 1. The van der Waals surface area contributed by atoms with Gasteiger partial charge in [-0.05, 0) is 73.7 Å². The van der Waals surface area contributed by atoms with E-state index in [0.29, 0.717) is 42.2 Å². The second-order valence-corrected chi connectivity index (χ2v) is 10.9. The van der Waals surface area contributed by atoms with Crippen LogP contribution in [0.15, 0.2) is 47.8 Å². The number of methoxy groups -OCH3 is 1. The smallest absolute Gasteiger partial charge is 0.275 e. The Kier molecular flexibility index (Phi) is 8.16. The number of ketones is 2. The predicted octanol–water partition coefficient (Wildman–Crippen LogP) is 5.29. The van der Waals surface area contributed by atoms with Gasteiger partial charge in [0.2, 0.25) is 5.91 Å². The first-order valence-corrected chi connectivity index (χ1v) is 14.2. The summed E-state index contributed by atoms with van der Waals surface area (Å²) in [6.07, 6.45) is 4.16. The average Bonchev–Trinajstić information content (AvgIpc) is 3.47. The quantitative estimate of drug-likeness (QED) is 0.386. The fourth-order valence-corrected chi connectivity index (χ4v) is 6.15. The van der Waals surface area contributed by atoms with E-state index in [0.717, 1.165) is 41.8 Å². The molecule has 202 valence electrons. The van der Waals surface area contributed by atoms with Gasteiger partial charge >= 0.3 is 0 Å². The van der Waals surface area contributed by atoms with Crippen molar-refractivity contribution in [2.75, 3.05) is 25.5 Å². The van der Waals surface area contributed by atoms with Crippen LogP contribution in [0.2, 0.25) is 0 Å². The molecule has 1 N–H and O–H groups in total. The van der Waals surface area contributed by atoms with Gasteiger partial charge in [0, 0.05) is 60.5 Å². The number of aryl methyl sites for hydroxylation is 1. The molecule has 0 spiro atoms. The molecule has 9 heteroatoms. The molecule has 2 amide bonds. The number of anilines is 1. The minimum atomic E-state index is -0.270. The van der Waals surface area contributed by atoms with Crippen LogP contribution in [0.3, 0.4) is 0 Å². The van der Waals surface area contributed by atoms with E-state index in [9.17, 15) is 19.2 Å². The minimum absolute atomic E-state index is 0.0127. The summed E-state index contributed by atoms with van der Waals surface area (Å²) in [5.74, 6) is 0.698. The van der Waals surface area contributed by atoms with Gasteiger partial charge in [0.1, 0.15) is 11.4 Å². The number of Topliss-reactive ketones (excluding diaryl/α,β-unsaturated/α-hetero) is 2. The second kappa shape index (κ2) is 11.9. The van der Waals surface area contributed by atoms with Crippen LogP contribution in [0.1, 0.15) is 86.2 Å². The van der Waals surface area contributed by atoms with Gasteiger partial charge < -0.3 is 15.0 Å². The maximum Gasteiger partial charge on any atom is 0.275 e. The van der Waals surface area contributed by atoms with Crippen LogP contribution in [0, 0.1) is 0 Å². The highest BCUT2D eigenvalue weighted by Crippen LogP contribution is 2.31. The highest BCUT2D eigenvalue weighted by Gasteiger charge is 2.27. The van der Waals surface area contributed by atoms with Crippen molar-refractivity contribution < 1.29 is 23.9 Å². The van der Waals surface area contributed by atoms with Crippen LogP contribution in [-0.4, -0.2) is 53.5 Å². The first-order valence-electron chi connectivity index (χ1n) is 13.3. The van der Waals surface area contributed by atoms with E-state index in [-0.39, 0.29) is 42.1 Å². The largest absolute Gasteiger partial charge is 0.497 e. The maximum atomic E-state index is 12.8. The Labute approximate surface area is 231 Å². The van der Waals surface area contributed by atoms with E-state index >= 15 is 0 Å². The van der Waals surface area contributed by atoms with Crippen LogP contribution in [-0.2, 0) is 11.2 Å². The summed E-state index contributed by atoms with van der Waals surface area (Å²) >= 11 is 1.47. The van der Waals surface area contributed by atoms with Crippen molar-refractivity contribution in [3.63, 3.8) is 0 Å². The maximum absolute atomic E-state index is 12.8. The topological polar surface area (TPSA) is 106 Å². The molecule has 1 fully saturated rings. The van der Waals surface area contributed by atoms with E-state index < -0.39 is 0 Å². The molecule has 0 bridgehead atoms. The molecule has 2 aromatic carbocycles. The molecule has 0 saturated carbocycles. The standard InChI is InChI=1S/C30H31N3O5S/c1-38-23-8-5-19(6-9-23)26(34)11-12-28(36)33-15-13-20(14-16-33)30-32-25(18-39-30)29(37)31-22-7-10-24-21(17-22)3-2-4-27(24)35/h5-10,17-18,20H,2-4,11-16H2,1H3,(H,31,37). The van der Waals surface area contributed by atoms with Gasteiger partial charge in [-0.1, -0.05) is 0 Å². The Hall–Kier alpha value is -3.85. The summed E-state index contributed by atoms with van der Waals surface area (Å²) in [7, 11) is 1.57. The van der Waals surface area contributed by atoms with Gasteiger partial charge in [0.25, 0.3) is 5.91 Å². The Morgan fingerprint density at radius 1 is 1.05 bits per heavy atom. The molecular formula is C30H31N3O5S. The van der Waals surface area contributed by atoms with E-state index in [2.05, 4.69) is 10.3 Å². The van der Waals surface area contributed by atoms with E-state index in [1.165, 1.54) is 11.3 Å². The lowest BCUT2D eigenvalue weighted by Crippen LogP contribution is -2.38. The van der Waals surface area contributed by atoms with Crippen molar-refractivity contribution in [3.05, 3.63) is 75.2 Å². The number of nitrogens with zero attached hydrogens (tertiary/aromatic N) is 2. The molecule has 39 heavy (non-hydrogen) atoms. The average molecular weight is 546 g/mol. The molecule has 3 aromatic rings. The zero-order valence-electron chi connectivity index (χ0n) is 21.9. The highest BCUT2D eigenvalue weighted by atomic mass is 32.1. The number of nitrogens with one attached hydrogen (secondary N) is 1. The molecule has 1 saturated heterocycles. The van der Waals surface area contributed by atoms with Crippen molar-refractivity contribution >= 4 is 40.4 Å². The van der Waals surface area contributed by atoms with Crippen LogP contribution < -0.4 is 10.1 Å². The third-order valence-corrected chi connectivity index (χ3v) is 8.45. The molecule has 2 aliphatic rings. The van der Waals surface area contributed by atoms with Crippen molar-refractivity contribution in [3.8, 4) is 5.75 Å². The molecule has 1 aromatic heterocycles. The number of hydrogen-bond acceptors (Lipinski definition) is 7. The van der Waals surface area contributed by atoms with Gasteiger partial charge in [-0.25, -0.2) is 4.98 Å². The summed E-state index contributed by atoms with van der Waals surface area (Å²) in [6, 6.07) is 12.4. The first-order chi connectivity index (χ1) is 18.9. The molecule has 0 radical (unpaired) electrons. The number of amides is 2. The third-order valence-electron chi connectivity index (χ3n) is 7.44. The van der Waals surface area contributed by atoms with E-state index in [1.54, 1.807) is 48.9 Å². The Bertz CT molecular complexity index is 1390. The fourth-order valence-electron chi connectivity index (χ4n) is 5.17. The minimum Gasteiger partial charge on any atom is -0.497 e. The van der Waals surface area contributed by atoms with Gasteiger partial charge in [0.05, 0.1) is 12.1 Å². The van der Waals surface area contributed by atoms with E-state index in [1.807, 2.05) is 11.0 Å². The van der Waals surface area contributed by atoms with Gasteiger partial charge in [-0.2, -0.15) is 0 Å². The number of ether oxygens (including phenoxy) is 1. The number of benzene rings is 2. The Balaban J connectivity index is 1.10. The lowest BCUT2D eigenvalue weighted by molar-refractivity contribution is -0.132. The Morgan fingerprint density at radius 2 is 1.82 bits per heavy atom. The number of likely N-dealkylation sites (tertiary alicyclic amines) is 1. The molecule has 0 unspecified atom stereocenters. The fraction of sp³-hybridized carbons (Fsp3) is 0.367. The summed E-state index contributed by atoms with van der Waals surface area (Å²) < 4.78 is 5.12. The number of thiazole rings is 1. The lowest BCUT2D eigenvalue weighted by Gasteiger charge is -2.31. The second-order valence-electron chi connectivity index (χ2n) is 9.98. The zero-order chi connectivity index (χ0) is 27.4. The third kappa shape index (κ3) is 6.25. The monoisotopic (exact) mass is 545 g/mol. The van der Waals surface area contributed by atoms with Crippen LogP contribution in [0.5, 0.6) is 5.75 Å². The molecule has 8 nitrogen and oxygen atoms in total. The first kappa shape index (κ1) is 26.7. The van der Waals surface area contributed by atoms with Crippen LogP contribution in [0.4, 0.5) is 5.69 Å². The summed E-state index contributed by atoms with van der Waals surface area (Å²) in [4.78, 5) is 56.5. The lowest BCUT2D eigenvalue weighted by atomic mass is 9.90. The van der Waals surface area contributed by atoms with Crippen LogP contribution >= 0.6 is 11.3 Å². The number of piperidine rings is 1. The van der Waals surface area contributed by atoms with Crippen LogP contribution in [0.25, 0.3) is 0 Å². The molecule has 2 heterocycles. The molecule has 0 atom stereocenters. The van der Waals surface area contributed by atoms with E-state index in [4.69, 9.17) is 4.74 Å². The number of rotatable bonds is 8. The molecule has 1 aliphatic carbocycles. The molecule has 1 aliphatic heterocycles. The van der Waals surface area contributed by atoms with Crippen molar-refractivity contribution in [1.82, 2.24) is 9.88 Å². The zero-order valence-corrected chi connectivity index (χ0v) is 22.7. The predicted molar refractivity (Wildman–Crippen MR) is 149 cm³/mol. The Morgan fingerprint density at radius 3 is 2.56 bits per heavy atom. The summed E-state index contributed by atoms with van der Waals surface area (Å²) in [6.45, 7) is 1.21. The summed E-state index contributed by atoms with van der Waals surface area (Å²) in [5.41, 5.74) is 3.35. The van der Waals surface area contributed by atoms with Gasteiger partial charge in [-0.3, -0.25) is 19.2 Å². The highest BCUT2D eigenvalue weighted by molar-refractivity contribution is 7.10. The van der Waals surface area contributed by atoms with Crippen molar-refractivity contribution in [2.24, 2.45) is 0 Å². The molecular weight excluding hydrogens is 514 g/mol. The number of carbonyl (C=O) groups is 4. The molecule has 5 rings (SSSR count). The number of carbonyl (C=O) groups excluding carboxylic acids is 4. The van der Waals surface area contributed by atoms with Crippen molar-refractivity contribution in [2.45, 2.75) is 50.9 Å². The number of fused-ring (bicyclic) bond motifs is 1. The normalized spacial score (nSPS) is 15.5. The summed E-state index contributed by atoms with van der Waals surface area (Å²) in [5, 5.41) is 5.58. The van der Waals surface area contributed by atoms with Gasteiger partial charge in [-0.15, -0.1) is 11.3 Å². The van der Waals surface area contributed by atoms with Crippen molar-refractivity contribution in [1.29, 1.82) is 0 Å². The number of hydrogen-bond donors (Lipinski definition) is 1. The SMILES string of the molecule is COc1ccc(C(=O)CCC(=O)N2CCC(c3nc(C(=O)Nc4ccc5c(c4)CCCC5=O)cs3)CC2)cc1.